The Kier molecular flexibility index (Phi) is 4.12. The molecule has 1 aliphatic rings. The smallest absolute Gasteiger partial charge is 0.329 e. The van der Waals surface area contributed by atoms with E-state index in [4.69, 9.17) is 0 Å². The second-order valence-electron chi connectivity index (χ2n) is 5.02. The molecule has 8 heteroatoms. The van der Waals surface area contributed by atoms with Crippen molar-refractivity contribution in [2.75, 3.05) is 6.54 Å². The molecule has 1 saturated heterocycles. The summed E-state index contributed by atoms with van der Waals surface area (Å²) in [6.07, 6.45) is 2.04. The summed E-state index contributed by atoms with van der Waals surface area (Å²) in [7, 11) is 0. The van der Waals surface area contributed by atoms with Crippen molar-refractivity contribution in [1.82, 2.24) is 15.2 Å². The Morgan fingerprint density at radius 1 is 1.55 bits per heavy atom. The summed E-state index contributed by atoms with van der Waals surface area (Å²) >= 11 is 1.03. The summed E-state index contributed by atoms with van der Waals surface area (Å²) in [5.41, 5.74) is -0.549. The minimum absolute atomic E-state index is 0.178. The number of likely N-dealkylation sites (tertiary alicyclic amines) is 1. The number of carbonyl (C=O) groups is 2. The third-order valence-corrected chi connectivity index (χ3v) is 4.32. The lowest BCUT2D eigenvalue weighted by Crippen LogP contribution is -2.59. The summed E-state index contributed by atoms with van der Waals surface area (Å²) in [5.74, 6) is -0.990. The highest BCUT2D eigenvalue weighted by atomic mass is 32.1. The van der Waals surface area contributed by atoms with Gasteiger partial charge in [0.2, 0.25) is 0 Å². The molecule has 2 rings (SSSR count). The van der Waals surface area contributed by atoms with Gasteiger partial charge in [0, 0.05) is 17.6 Å². The molecule has 1 aromatic heterocycles. The SMILES string of the molecule is CC1(C(=O)O)CCCCN1C(=O)NCc1csc(=O)[nH]1. The second kappa shape index (κ2) is 5.66. The first-order valence-electron chi connectivity index (χ1n) is 6.39. The van der Waals surface area contributed by atoms with Crippen molar-refractivity contribution in [2.24, 2.45) is 0 Å². The number of thiazole rings is 1. The minimum Gasteiger partial charge on any atom is -0.480 e. The molecular weight excluding hydrogens is 282 g/mol. The molecule has 0 spiro atoms. The van der Waals surface area contributed by atoms with E-state index in [9.17, 15) is 19.5 Å². The van der Waals surface area contributed by atoms with E-state index in [0.29, 0.717) is 18.7 Å². The minimum atomic E-state index is -1.16. The molecule has 1 unspecified atom stereocenters. The molecule has 0 saturated carbocycles. The molecule has 20 heavy (non-hydrogen) atoms. The maximum atomic E-state index is 12.2. The Morgan fingerprint density at radius 2 is 2.30 bits per heavy atom. The molecular formula is C12H17N3O4S. The highest BCUT2D eigenvalue weighted by Gasteiger charge is 2.43. The maximum absolute atomic E-state index is 12.2. The number of hydrogen-bond donors (Lipinski definition) is 3. The molecule has 1 atom stereocenters. The van der Waals surface area contributed by atoms with Crippen LogP contribution in [0, 0.1) is 0 Å². The summed E-state index contributed by atoms with van der Waals surface area (Å²) in [6.45, 7) is 2.18. The van der Waals surface area contributed by atoms with Crippen LogP contribution < -0.4 is 10.2 Å². The predicted octanol–water partition coefficient (Wildman–Crippen LogP) is 0.975. The quantitative estimate of drug-likeness (QED) is 0.774. The van der Waals surface area contributed by atoms with Gasteiger partial charge in [-0.15, -0.1) is 0 Å². The van der Waals surface area contributed by atoms with Gasteiger partial charge in [0.25, 0.3) is 0 Å². The van der Waals surface area contributed by atoms with E-state index in [-0.39, 0.29) is 11.4 Å². The van der Waals surface area contributed by atoms with Crippen LogP contribution in [-0.4, -0.2) is 39.1 Å². The van der Waals surface area contributed by atoms with Crippen molar-refractivity contribution in [3.05, 3.63) is 20.7 Å². The highest BCUT2D eigenvalue weighted by molar-refractivity contribution is 7.07. The largest absolute Gasteiger partial charge is 0.480 e. The van der Waals surface area contributed by atoms with Gasteiger partial charge in [0.1, 0.15) is 5.54 Å². The molecule has 7 nitrogen and oxygen atoms in total. The number of nitrogens with one attached hydrogen (secondary N) is 2. The maximum Gasteiger partial charge on any atom is 0.329 e. The van der Waals surface area contributed by atoms with Crippen LogP contribution in [0.2, 0.25) is 0 Å². The van der Waals surface area contributed by atoms with Gasteiger partial charge >= 0.3 is 16.9 Å². The van der Waals surface area contributed by atoms with E-state index in [0.717, 1.165) is 24.2 Å². The number of carbonyl (C=O) groups excluding carboxylic acids is 1. The molecule has 1 aliphatic heterocycles. The molecule has 0 bridgehead atoms. The van der Waals surface area contributed by atoms with Crippen LogP contribution in [0.15, 0.2) is 10.2 Å². The standard InChI is InChI=1S/C12H17N3O4S/c1-12(9(16)17)4-2-3-5-15(12)10(18)13-6-8-7-20-11(19)14-8/h7H,2-6H2,1H3,(H,13,18)(H,14,19)(H,16,17). The number of aromatic nitrogens is 1. The molecule has 2 amide bonds. The summed E-state index contributed by atoms with van der Waals surface area (Å²) in [4.78, 5) is 38.3. The zero-order chi connectivity index (χ0) is 14.8. The van der Waals surface area contributed by atoms with Gasteiger partial charge in [-0.05, 0) is 26.2 Å². The first-order valence-corrected chi connectivity index (χ1v) is 7.27. The molecule has 3 N–H and O–H groups in total. The first kappa shape index (κ1) is 14.6. The molecule has 0 aliphatic carbocycles. The summed E-state index contributed by atoms with van der Waals surface area (Å²) in [5, 5.41) is 13.6. The molecule has 110 valence electrons. The molecule has 2 heterocycles. The summed E-state index contributed by atoms with van der Waals surface area (Å²) < 4.78 is 0. The fourth-order valence-electron chi connectivity index (χ4n) is 2.34. The third-order valence-electron chi connectivity index (χ3n) is 3.60. The van der Waals surface area contributed by atoms with E-state index < -0.39 is 17.5 Å². The van der Waals surface area contributed by atoms with Gasteiger partial charge in [-0.3, -0.25) is 4.79 Å². The Labute approximate surface area is 119 Å². The van der Waals surface area contributed by atoms with Crippen molar-refractivity contribution < 1.29 is 14.7 Å². The van der Waals surface area contributed by atoms with Crippen LogP contribution in [0.1, 0.15) is 31.9 Å². The van der Waals surface area contributed by atoms with Crippen LogP contribution in [0.25, 0.3) is 0 Å². The van der Waals surface area contributed by atoms with E-state index in [2.05, 4.69) is 10.3 Å². The molecule has 1 fully saturated rings. The van der Waals surface area contributed by atoms with E-state index in [1.807, 2.05) is 0 Å². The Hall–Kier alpha value is -1.83. The number of urea groups is 1. The van der Waals surface area contributed by atoms with E-state index in [1.165, 1.54) is 4.90 Å². The van der Waals surface area contributed by atoms with Crippen LogP contribution in [-0.2, 0) is 11.3 Å². The lowest BCUT2D eigenvalue weighted by Gasteiger charge is -2.41. The van der Waals surface area contributed by atoms with Gasteiger partial charge < -0.3 is 20.3 Å². The van der Waals surface area contributed by atoms with Crippen LogP contribution in [0.5, 0.6) is 0 Å². The topological polar surface area (TPSA) is 102 Å². The number of piperidine rings is 1. The van der Waals surface area contributed by atoms with Crippen LogP contribution >= 0.6 is 11.3 Å². The number of rotatable bonds is 3. The van der Waals surface area contributed by atoms with E-state index in [1.54, 1.807) is 12.3 Å². The molecule has 0 radical (unpaired) electrons. The fraction of sp³-hybridized carbons (Fsp3) is 0.583. The third kappa shape index (κ3) is 2.84. The second-order valence-corrected chi connectivity index (χ2v) is 5.86. The van der Waals surface area contributed by atoms with Crippen LogP contribution in [0.3, 0.4) is 0 Å². The average molecular weight is 299 g/mol. The number of hydrogen-bond acceptors (Lipinski definition) is 4. The Bertz CT molecular complexity index is 567. The van der Waals surface area contributed by atoms with E-state index >= 15 is 0 Å². The number of nitrogens with zero attached hydrogens (tertiary/aromatic N) is 1. The van der Waals surface area contributed by atoms with Gasteiger partial charge in [-0.25, -0.2) is 9.59 Å². The number of carboxylic acids is 1. The lowest BCUT2D eigenvalue weighted by molar-refractivity contribution is -0.150. The van der Waals surface area contributed by atoms with Crippen molar-refractivity contribution in [3.63, 3.8) is 0 Å². The number of amides is 2. The van der Waals surface area contributed by atoms with Gasteiger partial charge in [-0.2, -0.15) is 0 Å². The fourth-order valence-corrected chi connectivity index (χ4v) is 2.92. The number of carboxylic acid groups (broad SMARTS) is 1. The van der Waals surface area contributed by atoms with Gasteiger partial charge in [-0.1, -0.05) is 11.3 Å². The van der Waals surface area contributed by atoms with Crippen molar-refractivity contribution in [1.29, 1.82) is 0 Å². The lowest BCUT2D eigenvalue weighted by atomic mass is 9.89. The molecule has 1 aromatic rings. The average Bonchev–Trinajstić information content (AvgIpc) is 2.82. The first-order chi connectivity index (χ1) is 9.43. The zero-order valence-electron chi connectivity index (χ0n) is 11.1. The highest BCUT2D eigenvalue weighted by Crippen LogP contribution is 2.28. The normalized spacial score (nSPS) is 22.6. The monoisotopic (exact) mass is 299 g/mol. The van der Waals surface area contributed by atoms with Crippen molar-refractivity contribution in [3.8, 4) is 0 Å². The number of H-pyrrole nitrogens is 1. The van der Waals surface area contributed by atoms with Crippen molar-refractivity contribution >= 4 is 23.3 Å². The number of aromatic amines is 1. The zero-order valence-corrected chi connectivity index (χ0v) is 12.0. The Balaban J connectivity index is 2.03. The predicted molar refractivity (Wildman–Crippen MR) is 73.8 cm³/mol. The van der Waals surface area contributed by atoms with Gasteiger partial charge in [0.05, 0.1) is 6.54 Å². The van der Waals surface area contributed by atoms with Crippen molar-refractivity contribution in [2.45, 2.75) is 38.3 Å². The number of aliphatic carboxylic acids is 1. The van der Waals surface area contributed by atoms with Gasteiger partial charge in [0.15, 0.2) is 0 Å². The summed E-state index contributed by atoms with van der Waals surface area (Å²) in [6, 6.07) is -0.415. The van der Waals surface area contributed by atoms with Crippen LogP contribution in [0.4, 0.5) is 4.79 Å². The molecule has 0 aromatic carbocycles. The Morgan fingerprint density at radius 3 is 2.90 bits per heavy atom.